The standard InChI is InChI=1S/C10H16N2O2/c1-3-12-5-4-9(7-12)6-11-8(2)10(13)14/h4-5,7-8,11H,3,6H2,1-2H3,(H,13,14). The number of hydrogen-bond donors (Lipinski definition) is 2. The normalized spacial score (nSPS) is 12.7. The number of rotatable bonds is 5. The van der Waals surface area contributed by atoms with E-state index in [9.17, 15) is 4.79 Å². The minimum Gasteiger partial charge on any atom is -0.480 e. The third-order valence-corrected chi connectivity index (χ3v) is 2.16. The first-order valence-electron chi connectivity index (χ1n) is 4.74. The van der Waals surface area contributed by atoms with Gasteiger partial charge in [-0.2, -0.15) is 0 Å². The van der Waals surface area contributed by atoms with Crippen molar-refractivity contribution in [1.82, 2.24) is 9.88 Å². The molecule has 0 aliphatic carbocycles. The van der Waals surface area contributed by atoms with E-state index in [0.717, 1.165) is 12.1 Å². The first kappa shape index (κ1) is 10.8. The molecule has 4 heteroatoms. The van der Waals surface area contributed by atoms with Crippen molar-refractivity contribution < 1.29 is 9.90 Å². The van der Waals surface area contributed by atoms with Crippen LogP contribution in [0.25, 0.3) is 0 Å². The van der Waals surface area contributed by atoms with Gasteiger partial charge in [-0.3, -0.25) is 4.79 Å². The van der Waals surface area contributed by atoms with Crippen molar-refractivity contribution in [2.24, 2.45) is 0 Å². The molecule has 1 rings (SSSR count). The number of nitrogens with one attached hydrogen (secondary N) is 1. The zero-order chi connectivity index (χ0) is 10.6. The van der Waals surface area contributed by atoms with Gasteiger partial charge in [-0.25, -0.2) is 0 Å². The summed E-state index contributed by atoms with van der Waals surface area (Å²) >= 11 is 0. The van der Waals surface area contributed by atoms with Crippen LogP contribution in [0.4, 0.5) is 0 Å². The van der Waals surface area contributed by atoms with Gasteiger partial charge in [-0.05, 0) is 25.5 Å². The molecule has 0 spiro atoms. The van der Waals surface area contributed by atoms with E-state index in [4.69, 9.17) is 5.11 Å². The average molecular weight is 196 g/mol. The van der Waals surface area contributed by atoms with Crippen LogP contribution < -0.4 is 5.32 Å². The van der Waals surface area contributed by atoms with E-state index in [1.165, 1.54) is 0 Å². The van der Waals surface area contributed by atoms with Crippen LogP contribution in [0.3, 0.4) is 0 Å². The van der Waals surface area contributed by atoms with Crippen molar-refractivity contribution in [2.45, 2.75) is 33.0 Å². The summed E-state index contributed by atoms with van der Waals surface area (Å²) in [6.45, 7) is 5.24. The number of nitrogens with zero attached hydrogens (tertiary/aromatic N) is 1. The Morgan fingerprint density at radius 2 is 2.43 bits per heavy atom. The summed E-state index contributed by atoms with van der Waals surface area (Å²) in [4.78, 5) is 10.5. The maximum absolute atomic E-state index is 10.5. The second kappa shape index (κ2) is 4.81. The molecule has 1 atom stereocenters. The van der Waals surface area contributed by atoms with Crippen molar-refractivity contribution in [3.8, 4) is 0 Å². The molecule has 0 radical (unpaired) electrons. The van der Waals surface area contributed by atoms with Crippen LogP contribution in [0.2, 0.25) is 0 Å². The lowest BCUT2D eigenvalue weighted by Gasteiger charge is -2.07. The quantitative estimate of drug-likeness (QED) is 0.740. The molecule has 0 aliphatic rings. The van der Waals surface area contributed by atoms with Gasteiger partial charge < -0.3 is 15.0 Å². The molecule has 0 aromatic carbocycles. The van der Waals surface area contributed by atoms with Crippen molar-refractivity contribution >= 4 is 5.97 Å². The molecule has 4 nitrogen and oxygen atoms in total. The highest BCUT2D eigenvalue weighted by Crippen LogP contribution is 2.01. The van der Waals surface area contributed by atoms with Crippen molar-refractivity contribution in [3.63, 3.8) is 0 Å². The van der Waals surface area contributed by atoms with Gasteiger partial charge in [0, 0.05) is 25.5 Å². The maximum atomic E-state index is 10.5. The SMILES string of the molecule is CCn1ccc(CNC(C)C(=O)O)c1. The second-order valence-corrected chi connectivity index (χ2v) is 3.29. The minimum absolute atomic E-state index is 0.500. The van der Waals surface area contributed by atoms with Gasteiger partial charge in [0.25, 0.3) is 0 Å². The van der Waals surface area contributed by atoms with Crippen LogP contribution in [-0.4, -0.2) is 21.7 Å². The Morgan fingerprint density at radius 3 is 2.93 bits per heavy atom. The third kappa shape index (κ3) is 2.88. The molecule has 1 heterocycles. The molecule has 0 aliphatic heterocycles. The first-order valence-corrected chi connectivity index (χ1v) is 4.74. The molecule has 1 unspecified atom stereocenters. The molecule has 2 N–H and O–H groups in total. The fraction of sp³-hybridized carbons (Fsp3) is 0.500. The van der Waals surface area contributed by atoms with Crippen LogP contribution in [0.1, 0.15) is 19.4 Å². The topological polar surface area (TPSA) is 54.3 Å². The number of carbonyl (C=O) groups is 1. The molecule has 14 heavy (non-hydrogen) atoms. The fourth-order valence-corrected chi connectivity index (χ4v) is 1.15. The summed E-state index contributed by atoms with van der Waals surface area (Å²) in [7, 11) is 0. The van der Waals surface area contributed by atoms with Crippen LogP contribution in [0.5, 0.6) is 0 Å². The summed E-state index contributed by atoms with van der Waals surface area (Å²) in [5, 5.41) is 11.6. The molecule has 0 fully saturated rings. The lowest BCUT2D eigenvalue weighted by Crippen LogP contribution is -2.32. The smallest absolute Gasteiger partial charge is 0.320 e. The number of aromatic nitrogens is 1. The van der Waals surface area contributed by atoms with Crippen LogP contribution in [0.15, 0.2) is 18.5 Å². The van der Waals surface area contributed by atoms with Crippen LogP contribution >= 0.6 is 0 Å². The Bertz CT molecular complexity index is 307. The Labute approximate surface area is 83.5 Å². The first-order chi connectivity index (χ1) is 6.63. The van der Waals surface area contributed by atoms with Gasteiger partial charge in [0.2, 0.25) is 0 Å². The Hall–Kier alpha value is -1.29. The number of aryl methyl sites for hydroxylation is 1. The molecule has 0 saturated heterocycles. The van der Waals surface area contributed by atoms with E-state index in [1.54, 1.807) is 6.92 Å². The molecule has 1 aromatic heterocycles. The number of carboxylic acids is 1. The predicted molar refractivity (Wildman–Crippen MR) is 54.0 cm³/mol. The zero-order valence-corrected chi connectivity index (χ0v) is 8.53. The van der Waals surface area contributed by atoms with Crippen molar-refractivity contribution in [2.75, 3.05) is 0 Å². The minimum atomic E-state index is -0.820. The van der Waals surface area contributed by atoms with Gasteiger partial charge in [0.05, 0.1) is 0 Å². The highest BCUT2D eigenvalue weighted by Gasteiger charge is 2.09. The van der Waals surface area contributed by atoms with E-state index < -0.39 is 12.0 Å². The van der Waals surface area contributed by atoms with Crippen molar-refractivity contribution in [1.29, 1.82) is 0 Å². The van der Waals surface area contributed by atoms with E-state index >= 15 is 0 Å². The summed E-state index contributed by atoms with van der Waals surface area (Å²) in [6, 6.07) is 1.49. The van der Waals surface area contributed by atoms with Crippen molar-refractivity contribution in [3.05, 3.63) is 24.0 Å². The van der Waals surface area contributed by atoms with E-state index in [1.807, 2.05) is 18.5 Å². The van der Waals surface area contributed by atoms with Gasteiger partial charge in [-0.1, -0.05) is 0 Å². The predicted octanol–water partition coefficient (Wildman–Crippen LogP) is 1.07. The average Bonchev–Trinajstić information content (AvgIpc) is 2.61. The summed E-state index contributed by atoms with van der Waals surface area (Å²) in [5.41, 5.74) is 1.11. The monoisotopic (exact) mass is 196 g/mol. The molecule has 1 aromatic rings. The van der Waals surface area contributed by atoms with Gasteiger partial charge >= 0.3 is 5.97 Å². The molecule has 78 valence electrons. The Kier molecular flexibility index (Phi) is 3.71. The molecular weight excluding hydrogens is 180 g/mol. The Balaban J connectivity index is 2.41. The van der Waals surface area contributed by atoms with E-state index in [2.05, 4.69) is 16.8 Å². The number of aliphatic carboxylic acids is 1. The lowest BCUT2D eigenvalue weighted by atomic mass is 10.3. The zero-order valence-electron chi connectivity index (χ0n) is 8.53. The van der Waals surface area contributed by atoms with Gasteiger partial charge in [0.15, 0.2) is 0 Å². The second-order valence-electron chi connectivity index (χ2n) is 3.29. The van der Waals surface area contributed by atoms with Crippen LogP contribution in [0, 0.1) is 0 Å². The molecule has 0 bridgehead atoms. The Morgan fingerprint density at radius 1 is 1.71 bits per heavy atom. The molecule has 0 saturated carbocycles. The third-order valence-electron chi connectivity index (χ3n) is 2.16. The highest BCUT2D eigenvalue weighted by atomic mass is 16.4. The summed E-state index contributed by atoms with van der Waals surface area (Å²) < 4.78 is 2.06. The number of hydrogen-bond acceptors (Lipinski definition) is 2. The van der Waals surface area contributed by atoms with E-state index in [0.29, 0.717) is 6.54 Å². The maximum Gasteiger partial charge on any atom is 0.320 e. The summed E-state index contributed by atoms with van der Waals surface area (Å²) in [6.07, 6.45) is 4.00. The van der Waals surface area contributed by atoms with Crippen LogP contribution in [-0.2, 0) is 17.9 Å². The number of carboxylic acid groups (broad SMARTS) is 1. The molecular formula is C10H16N2O2. The van der Waals surface area contributed by atoms with Gasteiger partial charge in [0.1, 0.15) is 6.04 Å². The largest absolute Gasteiger partial charge is 0.480 e. The highest BCUT2D eigenvalue weighted by molar-refractivity contribution is 5.72. The fourth-order valence-electron chi connectivity index (χ4n) is 1.15. The molecule has 0 amide bonds. The van der Waals surface area contributed by atoms with E-state index in [-0.39, 0.29) is 0 Å². The summed E-state index contributed by atoms with van der Waals surface area (Å²) in [5.74, 6) is -0.820. The van der Waals surface area contributed by atoms with Gasteiger partial charge in [-0.15, -0.1) is 0 Å². The lowest BCUT2D eigenvalue weighted by molar-refractivity contribution is -0.139.